The SMILES string of the molecule is Cc1nc2ccccn2c1C(O)=C1C(=O)C(=O)N(CCCN2CCOCC2)[C@@H]1c1cccnc1. The van der Waals surface area contributed by atoms with E-state index < -0.39 is 17.7 Å². The molecule has 176 valence electrons. The molecule has 3 aromatic rings. The number of ketones is 1. The van der Waals surface area contributed by atoms with Gasteiger partial charge in [0.2, 0.25) is 0 Å². The van der Waals surface area contributed by atoms with Crippen LogP contribution < -0.4 is 0 Å². The van der Waals surface area contributed by atoms with Gasteiger partial charge in [-0.15, -0.1) is 0 Å². The Morgan fingerprint density at radius 3 is 2.74 bits per heavy atom. The molecule has 5 heterocycles. The van der Waals surface area contributed by atoms with Gasteiger partial charge in [-0.3, -0.25) is 23.9 Å². The molecule has 2 saturated heterocycles. The Bertz CT molecular complexity index is 1250. The molecule has 3 aromatic heterocycles. The fourth-order valence-electron chi connectivity index (χ4n) is 4.81. The molecule has 0 aliphatic carbocycles. The van der Waals surface area contributed by atoms with Crippen LogP contribution in [0.1, 0.15) is 29.4 Å². The van der Waals surface area contributed by atoms with Crippen LogP contribution in [-0.2, 0) is 14.3 Å². The van der Waals surface area contributed by atoms with Crippen LogP contribution in [0.2, 0.25) is 0 Å². The number of aliphatic hydroxyl groups excluding tert-OH is 1. The second kappa shape index (κ2) is 9.36. The fraction of sp³-hybridized carbons (Fsp3) is 0.360. The van der Waals surface area contributed by atoms with E-state index in [0.717, 1.165) is 19.6 Å². The number of ether oxygens (including phenoxy) is 1. The van der Waals surface area contributed by atoms with Crippen LogP contribution >= 0.6 is 0 Å². The van der Waals surface area contributed by atoms with E-state index in [1.54, 1.807) is 40.9 Å². The number of hydrogen-bond donors (Lipinski definition) is 1. The van der Waals surface area contributed by atoms with Gasteiger partial charge in [0.25, 0.3) is 11.7 Å². The fourth-order valence-corrected chi connectivity index (χ4v) is 4.81. The van der Waals surface area contributed by atoms with Crippen molar-refractivity contribution in [2.75, 3.05) is 39.4 Å². The van der Waals surface area contributed by atoms with E-state index >= 15 is 0 Å². The van der Waals surface area contributed by atoms with Gasteiger partial charge < -0.3 is 14.7 Å². The standard InChI is InChI=1S/C25H27N5O4/c1-17-21(29-10-3-2-7-19(29)27-17)23(31)20-22(18-6-4-8-26-16-18)30(25(33)24(20)32)11-5-9-28-12-14-34-15-13-28/h2-4,6-8,10,16,22,31H,5,9,11-15H2,1H3/t22-/m1/s1. The molecule has 0 bridgehead atoms. The molecule has 0 unspecified atom stereocenters. The smallest absolute Gasteiger partial charge is 0.295 e. The topological polar surface area (TPSA) is 100 Å². The lowest BCUT2D eigenvalue weighted by atomic mass is 9.97. The lowest BCUT2D eigenvalue weighted by Crippen LogP contribution is -2.39. The largest absolute Gasteiger partial charge is 0.505 e. The highest BCUT2D eigenvalue weighted by Crippen LogP contribution is 2.39. The molecule has 0 spiro atoms. The summed E-state index contributed by atoms with van der Waals surface area (Å²) in [5.41, 5.74) is 2.39. The molecule has 34 heavy (non-hydrogen) atoms. The van der Waals surface area contributed by atoms with Crippen molar-refractivity contribution in [1.29, 1.82) is 0 Å². The first-order chi connectivity index (χ1) is 16.6. The molecule has 0 saturated carbocycles. The van der Waals surface area contributed by atoms with E-state index in [2.05, 4.69) is 14.9 Å². The van der Waals surface area contributed by atoms with E-state index in [1.165, 1.54) is 0 Å². The van der Waals surface area contributed by atoms with Crippen molar-refractivity contribution in [2.45, 2.75) is 19.4 Å². The highest BCUT2D eigenvalue weighted by Gasteiger charge is 2.46. The van der Waals surface area contributed by atoms with E-state index in [9.17, 15) is 14.7 Å². The number of fused-ring (bicyclic) bond motifs is 1. The molecule has 2 aliphatic rings. The van der Waals surface area contributed by atoms with Gasteiger partial charge in [0, 0.05) is 44.8 Å². The zero-order chi connectivity index (χ0) is 23.7. The molecule has 5 rings (SSSR count). The lowest BCUT2D eigenvalue weighted by Gasteiger charge is -2.29. The molecule has 0 aromatic carbocycles. The van der Waals surface area contributed by atoms with E-state index in [4.69, 9.17) is 4.74 Å². The molecule has 1 amide bonds. The molecule has 9 heteroatoms. The number of aromatic nitrogens is 3. The van der Waals surface area contributed by atoms with Crippen molar-refractivity contribution in [2.24, 2.45) is 0 Å². The number of carbonyl (C=O) groups is 2. The number of amides is 1. The summed E-state index contributed by atoms with van der Waals surface area (Å²) < 4.78 is 7.14. The number of pyridine rings is 2. The Kier molecular flexibility index (Phi) is 6.12. The molecule has 9 nitrogen and oxygen atoms in total. The summed E-state index contributed by atoms with van der Waals surface area (Å²) in [7, 11) is 0. The minimum absolute atomic E-state index is 0.0677. The van der Waals surface area contributed by atoms with Gasteiger partial charge in [-0.05, 0) is 37.1 Å². The highest BCUT2D eigenvalue weighted by atomic mass is 16.5. The molecule has 0 radical (unpaired) electrons. The maximum absolute atomic E-state index is 13.3. The Labute approximate surface area is 197 Å². The first-order valence-electron chi connectivity index (χ1n) is 11.5. The summed E-state index contributed by atoms with van der Waals surface area (Å²) in [6.07, 6.45) is 5.77. The zero-order valence-corrected chi connectivity index (χ0v) is 19.1. The van der Waals surface area contributed by atoms with Crippen LogP contribution in [0.5, 0.6) is 0 Å². The Morgan fingerprint density at radius 1 is 1.15 bits per heavy atom. The number of carbonyl (C=O) groups excluding carboxylic acids is 2. The monoisotopic (exact) mass is 461 g/mol. The van der Waals surface area contributed by atoms with Gasteiger partial charge in [-0.1, -0.05) is 12.1 Å². The number of rotatable bonds is 6. The number of imidazole rings is 1. The number of hydrogen-bond acceptors (Lipinski definition) is 7. The third-order valence-electron chi connectivity index (χ3n) is 6.45. The number of aryl methyl sites for hydroxylation is 1. The average molecular weight is 462 g/mol. The van der Waals surface area contributed by atoms with Gasteiger partial charge in [-0.25, -0.2) is 4.98 Å². The quantitative estimate of drug-likeness (QED) is 0.341. The molecule has 2 aliphatic heterocycles. The van der Waals surface area contributed by atoms with Gasteiger partial charge in [0.05, 0.1) is 30.5 Å². The number of morpholine rings is 1. The van der Waals surface area contributed by atoms with Crippen LogP contribution in [-0.4, -0.2) is 80.4 Å². The third kappa shape index (κ3) is 3.97. The van der Waals surface area contributed by atoms with Gasteiger partial charge in [0.1, 0.15) is 11.3 Å². The van der Waals surface area contributed by atoms with Crippen LogP contribution in [0.25, 0.3) is 11.4 Å². The third-order valence-corrected chi connectivity index (χ3v) is 6.45. The van der Waals surface area contributed by atoms with Crippen LogP contribution in [0.3, 0.4) is 0 Å². The average Bonchev–Trinajstić information content (AvgIpc) is 3.33. The highest BCUT2D eigenvalue weighted by molar-refractivity contribution is 6.46. The normalized spacial score (nSPS) is 21.0. The number of likely N-dealkylation sites (tertiary alicyclic amines) is 1. The van der Waals surface area contributed by atoms with E-state index in [-0.39, 0.29) is 11.3 Å². The number of Topliss-reactive ketones (excluding diaryl/α,β-unsaturated/α-hetero) is 1. The van der Waals surface area contributed by atoms with Crippen molar-refractivity contribution in [3.05, 3.63) is 71.4 Å². The molecular weight excluding hydrogens is 434 g/mol. The minimum Gasteiger partial charge on any atom is -0.505 e. The van der Waals surface area contributed by atoms with Gasteiger partial charge >= 0.3 is 0 Å². The van der Waals surface area contributed by atoms with Crippen LogP contribution in [0.15, 0.2) is 54.5 Å². The molecule has 2 fully saturated rings. The molecular formula is C25H27N5O4. The molecule has 1 N–H and O–H groups in total. The van der Waals surface area contributed by atoms with E-state index in [1.807, 2.05) is 24.3 Å². The lowest BCUT2D eigenvalue weighted by molar-refractivity contribution is -0.140. The number of nitrogens with zero attached hydrogens (tertiary/aromatic N) is 5. The maximum Gasteiger partial charge on any atom is 0.295 e. The van der Waals surface area contributed by atoms with Crippen molar-refractivity contribution in [1.82, 2.24) is 24.2 Å². The van der Waals surface area contributed by atoms with Gasteiger partial charge in [-0.2, -0.15) is 0 Å². The summed E-state index contributed by atoms with van der Waals surface area (Å²) in [5, 5.41) is 11.4. The summed E-state index contributed by atoms with van der Waals surface area (Å²) >= 11 is 0. The van der Waals surface area contributed by atoms with Crippen molar-refractivity contribution < 1.29 is 19.4 Å². The second-order valence-corrected chi connectivity index (χ2v) is 8.56. The van der Waals surface area contributed by atoms with Crippen molar-refractivity contribution in [3.63, 3.8) is 0 Å². The Balaban J connectivity index is 1.53. The van der Waals surface area contributed by atoms with Crippen LogP contribution in [0, 0.1) is 6.92 Å². The predicted octanol–water partition coefficient (Wildman–Crippen LogP) is 2.18. The van der Waals surface area contributed by atoms with Crippen molar-refractivity contribution >= 4 is 23.1 Å². The van der Waals surface area contributed by atoms with Crippen LogP contribution in [0.4, 0.5) is 0 Å². The first kappa shape index (κ1) is 22.2. The Hall–Kier alpha value is -3.56. The van der Waals surface area contributed by atoms with Crippen molar-refractivity contribution in [3.8, 4) is 0 Å². The Morgan fingerprint density at radius 2 is 1.97 bits per heavy atom. The van der Waals surface area contributed by atoms with Gasteiger partial charge in [0.15, 0.2) is 5.76 Å². The number of aliphatic hydroxyl groups is 1. The van der Waals surface area contributed by atoms with E-state index in [0.29, 0.717) is 48.8 Å². The summed E-state index contributed by atoms with van der Waals surface area (Å²) in [4.78, 5) is 39.0. The maximum atomic E-state index is 13.3. The summed E-state index contributed by atoms with van der Waals surface area (Å²) in [6, 6.07) is 8.39. The molecule has 1 atom stereocenters. The second-order valence-electron chi connectivity index (χ2n) is 8.56. The predicted molar refractivity (Wildman–Crippen MR) is 125 cm³/mol. The first-order valence-corrected chi connectivity index (χ1v) is 11.5. The summed E-state index contributed by atoms with van der Waals surface area (Å²) in [6.45, 7) is 6.11. The summed E-state index contributed by atoms with van der Waals surface area (Å²) in [5.74, 6) is -1.52. The zero-order valence-electron chi connectivity index (χ0n) is 19.1. The minimum atomic E-state index is -0.716.